The van der Waals surface area contributed by atoms with Crippen molar-refractivity contribution in [3.8, 4) is 0 Å². The second-order valence-electron chi connectivity index (χ2n) is 12.3. The van der Waals surface area contributed by atoms with Crippen molar-refractivity contribution in [2.45, 2.75) is 96.5 Å². The molecule has 0 spiro atoms. The van der Waals surface area contributed by atoms with E-state index >= 15 is 4.39 Å². The molecule has 0 aliphatic carbocycles. The third kappa shape index (κ3) is 10.4. The molecule has 1 fully saturated rings. The van der Waals surface area contributed by atoms with Gasteiger partial charge in [-0.05, 0) is 56.5 Å². The van der Waals surface area contributed by atoms with Crippen LogP contribution in [0.25, 0.3) is 0 Å². The summed E-state index contributed by atoms with van der Waals surface area (Å²) in [5.41, 5.74) is 3.07. The lowest BCUT2D eigenvalue weighted by molar-refractivity contribution is -0.294. The first-order valence-electron chi connectivity index (χ1n) is 15.3. The summed E-state index contributed by atoms with van der Waals surface area (Å²) in [5, 5.41) is 12.3. The topological polar surface area (TPSA) is 84.8 Å². The van der Waals surface area contributed by atoms with Crippen molar-refractivity contribution >= 4 is 0 Å². The second-order valence-corrected chi connectivity index (χ2v) is 12.3. The maximum atomic E-state index is 15.5. The van der Waals surface area contributed by atoms with Gasteiger partial charge in [-0.15, -0.1) is 0 Å². The van der Waals surface area contributed by atoms with E-state index in [2.05, 4.69) is 0 Å². The molecule has 0 saturated carbocycles. The Labute approximate surface area is 266 Å². The Morgan fingerprint density at radius 3 is 1.93 bits per heavy atom. The number of ether oxygens (including phenoxy) is 7. The van der Waals surface area contributed by atoms with Crippen LogP contribution in [0.5, 0.6) is 0 Å². The lowest BCUT2D eigenvalue weighted by Gasteiger charge is -2.42. The van der Waals surface area contributed by atoms with Gasteiger partial charge in [0.25, 0.3) is 0 Å². The molecule has 1 aliphatic rings. The zero-order valence-electron chi connectivity index (χ0n) is 27.2. The fourth-order valence-corrected chi connectivity index (χ4v) is 5.00. The SMILES string of the molecule is COC(C)(C)OCc1cc(C2(O)C[C@@H](OCc3ccccc3)CC(COCc3ccccc3)O2)c(COC(C)(C)OC)cc1F. The van der Waals surface area contributed by atoms with Gasteiger partial charge in [-0.25, -0.2) is 4.39 Å². The fraction of sp³-hybridized carbons (Fsp3) is 0.500. The summed E-state index contributed by atoms with van der Waals surface area (Å²) in [6.07, 6.45) is -0.262. The maximum Gasteiger partial charge on any atom is 0.195 e. The number of hydrogen-bond acceptors (Lipinski definition) is 8. The molecule has 9 heteroatoms. The maximum absolute atomic E-state index is 15.5. The molecular weight excluding hydrogens is 579 g/mol. The molecule has 0 amide bonds. The molecule has 246 valence electrons. The van der Waals surface area contributed by atoms with Gasteiger partial charge in [0.05, 0.1) is 45.2 Å². The average molecular weight is 627 g/mol. The second kappa shape index (κ2) is 15.7. The van der Waals surface area contributed by atoms with Gasteiger partial charge in [0.15, 0.2) is 17.4 Å². The van der Waals surface area contributed by atoms with Gasteiger partial charge in [0.2, 0.25) is 0 Å². The van der Waals surface area contributed by atoms with Crippen molar-refractivity contribution < 1.29 is 42.7 Å². The van der Waals surface area contributed by atoms with Crippen molar-refractivity contribution in [1.29, 1.82) is 0 Å². The first kappa shape index (κ1) is 35.1. The van der Waals surface area contributed by atoms with E-state index < -0.39 is 29.3 Å². The van der Waals surface area contributed by atoms with Crippen LogP contribution in [-0.2, 0) is 65.4 Å². The summed E-state index contributed by atoms with van der Waals surface area (Å²) in [6.45, 7) is 7.88. The van der Waals surface area contributed by atoms with Gasteiger partial charge >= 0.3 is 0 Å². The number of aliphatic hydroxyl groups is 1. The van der Waals surface area contributed by atoms with E-state index in [9.17, 15) is 5.11 Å². The van der Waals surface area contributed by atoms with E-state index in [1.807, 2.05) is 60.7 Å². The van der Waals surface area contributed by atoms with Gasteiger partial charge in [-0.3, -0.25) is 0 Å². The number of benzene rings is 3. The van der Waals surface area contributed by atoms with Gasteiger partial charge in [-0.1, -0.05) is 60.7 Å². The van der Waals surface area contributed by atoms with Gasteiger partial charge in [0.1, 0.15) is 5.82 Å². The van der Waals surface area contributed by atoms with E-state index in [0.29, 0.717) is 30.8 Å². The van der Waals surface area contributed by atoms with E-state index in [0.717, 1.165) is 11.1 Å². The van der Waals surface area contributed by atoms with Crippen molar-refractivity contribution in [3.05, 3.63) is 106 Å². The van der Waals surface area contributed by atoms with Crippen LogP contribution in [0.4, 0.5) is 4.39 Å². The van der Waals surface area contributed by atoms with Crippen molar-refractivity contribution in [3.63, 3.8) is 0 Å². The smallest absolute Gasteiger partial charge is 0.195 e. The first-order chi connectivity index (χ1) is 21.4. The molecule has 3 aromatic carbocycles. The highest BCUT2D eigenvalue weighted by molar-refractivity contribution is 5.36. The lowest BCUT2D eigenvalue weighted by atomic mass is 9.88. The van der Waals surface area contributed by atoms with Crippen LogP contribution in [0.1, 0.15) is 68.4 Å². The highest BCUT2D eigenvalue weighted by Gasteiger charge is 2.44. The van der Waals surface area contributed by atoms with Crippen molar-refractivity contribution in [2.75, 3.05) is 20.8 Å². The quantitative estimate of drug-likeness (QED) is 0.175. The Morgan fingerprint density at radius 2 is 1.36 bits per heavy atom. The molecule has 4 rings (SSSR count). The molecule has 0 aromatic heterocycles. The molecular formula is C36H47FO8. The summed E-state index contributed by atoms with van der Waals surface area (Å²) in [6, 6.07) is 22.6. The van der Waals surface area contributed by atoms with E-state index in [4.69, 9.17) is 33.2 Å². The van der Waals surface area contributed by atoms with Crippen molar-refractivity contribution in [2.24, 2.45) is 0 Å². The number of rotatable bonds is 16. The zero-order valence-corrected chi connectivity index (χ0v) is 27.2. The molecule has 2 unspecified atom stereocenters. The molecule has 3 aromatic rings. The van der Waals surface area contributed by atoms with E-state index in [1.165, 1.54) is 20.3 Å². The molecule has 1 N–H and O–H groups in total. The van der Waals surface area contributed by atoms with Crippen LogP contribution in [0.15, 0.2) is 72.8 Å². The van der Waals surface area contributed by atoms with Gasteiger partial charge in [-0.2, -0.15) is 0 Å². The molecule has 1 heterocycles. The van der Waals surface area contributed by atoms with Crippen LogP contribution in [0, 0.1) is 5.82 Å². The molecule has 45 heavy (non-hydrogen) atoms. The first-order valence-corrected chi connectivity index (χ1v) is 15.3. The molecule has 8 nitrogen and oxygen atoms in total. The predicted octanol–water partition coefficient (Wildman–Crippen LogP) is 6.75. The van der Waals surface area contributed by atoms with Crippen LogP contribution in [0.3, 0.4) is 0 Å². The van der Waals surface area contributed by atoms with Gasteiger partial charge < -0.3 is 38.3 Å². The van der Waals surface area contributed by atoms with Gasteiger partial charge in [0, 0.05) is 38.2 Å². The Hall–Kier alpha value is -2.73. The molecule has 0 radical (unpaired) electrons. The summed E-state index contributed by atoms with van der Waals surface area (Å²) in [7, 11) is 3.06. The summed E-state index contributed by atoms with van der Waals surface area (Å²) in [5.74, 6) is -4.22. The summed E-state index contributed by atoms with van der Waals surface area (Å²) < 4.78 is 56.9. The normalized spacial score (nSPS) is 20.8. The molecule has 0 bridgehead atoms. The Bertz CT molecular complexity index is 1330. The number of halogens is 1. The third-order valence-corrected chi connectivity index (χ3v) is 7.96. The van der Waals surface area contributed by atoms with Crippen LogP contribution in [0.2, 0.25) is 0 Å². The monoisotopic (exact) mass is 626 g/mol. The lowest BCUT2D eigenvalue weighted by Crippen LogP contribution is -2.47. The number of methoxy groups -OCH3 is 2. The molecule has 3 atom stereocenters. The fourth-order valence-electron chi connectivity index (χ4n) is 5.00. The van der Waals surface area contributed by atoms with Crippen LogP contribution < -0.4 is 0 Å². The van der Waals surface area contributed by atoms with E-state index in [1.54, 1.807) is 33.8 Å². The summed E-state index contributed by atoms with van der Waals surface area (Å²) in [4.78, 5) is 0. The van der Waals surface area contributed by atoms with E-state index in [-0.39, 0.29) is 37.9 Å². The van der Waals surface area contributed by atoms with Crippen LogP contribution >= 0.6 is 0 Å². The minimum absolute atomic E-state index is 0.0336. The average Bonchev–Trinajstić information content (AvgIpc) is 3.03. The summed E-state index contributed by atoms with van der Waals surface area (Å²) >= 11 is 0. The molecule has 1 aliphatic heterocycles. The predicted molar refractivity (Wildman–Crippen MR) is 167 cm³/mol. The number of hydrogen-bond donors (Lipinski definition) is 1. The molecule has 1 saturated heterocycles. The third-order valence-electron chi connectivity index (χ3n) is 7.96. The zero-order chi connectivity index (χ0) is 32.5. The Morgan fingerprint density at radius 1 is 0.800 bits per heavy atom. The Balaban J connectivity index is 1.64. The standard InChI is InChI=1S/C36H47FO8/c1-34(2,39-5)43-23-28-18-33(37)29(24-44-35(3,4)40-6)17-32(28)36(38)20-30(42-22-27-15-11-8-12-16-27)19-31(45-36)25-41-21-26-13-9-7-10-14-26/h7-18,30-31,38H,19-25H2,1-6H3/t30-,31?,36?/m0/s1. The minimum Gasteiger partial charge on any atom is -0.374 e. The Kier molecular flexibility index (Phi) is 12.3. The highest BCUT2D eigenvalue weighted by Crippen LogP contribution is 2.40. The van der Waals surface area contributed by atoms with Crippen LogP contribution in [-0.4, -0.2) is 49.7 Å². The van der Waals surface area contributed by atoms with Crippen molar-refractivity contribution in [1.82, 2.24) is 0 Å². The highest BCUT2D eigenvalue weighted by atomic mass is 19.1. The largest absolute Gasteiger partial charge is 0.374 e. The minimum atomic E-state index is -1.84.